The smallest absolute Gasteiger partial charge is 0.325 e. The summed E-state index contributed by atoms with van der Waals surface area (Å²) in [6.45, 7) is 1.94. The van der Waals surface area contributed by atoms with Gasteiger partial charge in [-0.3, -0.25) is 14.5 Å². The predicted octanol–water partition coefficient (Wildman–Crippen LogP) is 2.35. The highest BCUT2D eigenvalue weighted by atomic mass is 16.5. The number of carbonyl (C=O) groups is 3. The zero-order valence-corrected chi connectivity index (χ0v) is 16.9. The molecule has 0 radical (unpaired) electrons. The van der Waals surface area contributed by atoms with E-state index in [2.05, 4.69) is 10.6 Å². The molecule has 1 fully saturated rings. The van der Waals surface area contributed by atoms with Crippen LogP contribution in [0.25, 0.3) is 0 Å². The number of hydrogen-bond acceptors (Lipinski definition) is 4. The Balaban J connectivity index is 1.39. The van der Waals surface area contributed by atoms with Crippen molar-refractivity contribution in [3.8, 4) is 5.75 Å². The maximum atomic E-state index is 13.2. The van der Waals surface area contributed by atoms with Crippen LogP contribution in [0.15, 0.2) is 54.6 Å². The van der Waals surface area contributed by atoms with Gasteiger partial charge in [0, 0.05) is 18.0 Å². The molecule has 0 bridgehead atoms. The molecular formula is C23H25N3O4. The number of imide groups is 1. The fraction of sp³-hybridized carbons (Fsp3) is 0.348. The molecule has 0 aliphatic carbocycles. The highest BCUT2D eigenvalue weighted by Gasteiger charge is 2.55. The van der Waals surface area contributed by atoms with Crippen molar-refractivity contribution in [1.82, 2.24) is 15.5 Å². The van der Waals surface area contributed by atoms with Crippen molar-refractivity contribution in [3.63, 3.8) is 0 Å². The number of nitrogens with zero attached hydrogens (tertiary/aromatic N) is 1. The predicted molar refractivity (Wildman–Crippen MR) is 111 cm³/mol. The minimum atomic E-state index is -1.16. The van der Waals surface area contributed by atoms with Crippen molar-refractivity contribution < 1.29 is 19.1 Å². The van der Waals surface area contributed by atoms with E-state index in [4.69, 9.17) is 4.74 Å². The number of ether oxygens (including phenoxy) is 1. The number of rotatable bonds is 6. The van der Waals surface area contributed by atoms with Gasteiger partial charge in [-0.1, -0.05) is 48.5 Å². The van der Waals surface area contributed by atoms with Gasteiger partial charge in [0.1, 0.15) is 12.3 Å². The summed E-state index contributed by atoms with van der Waals surface area (Å²) in [5, 5.41) is 5.70. The highest BCUT2D eigenvalue weighted by molar-refractivity contribution is 6.09. The molecule has 1 saturated heterocycles. The normalized spacial score (nSPS) is 21.0. The first-order chi connectivity index (χ1) is 14.5. The Hall–Kier alpha value is -3.35. The van der Waals surface area contributed by atoms with Crippen molar-refractivity contribution >= 4 is 17.8 Å². The lowest BCUT2D eigenvalue weighted by atomic mass is 9.84. The number of benzene rings is 2. The number of fused-ring (bicyclic) bond motifs is 2. The van der Waals surface area contributed by atoms with Crippen molar-refractivity contribution in [2.24, 2.45) is 0 Å². The van der Waals surface area contributed by atoms with Gasteiger partial charge in [0.2, 0.25) is 5.91 Å². The van der Waals surface area contributed by atoms with Crippen molar-refractivity contribution in [3.05, 3.63) is 65.7 Å². The van der Waals surface area contributed by atoms with Gasteiger partial charge in [-0.15, -0.1) is 0 Å². The van der Waals surface area contributed by atoms with Gasteiger partial charge in [0.15, 0.2) is 5.54 Å². The maximum absolute atomic E-state index is 13.2. The topological polar surface area (TPSA) is 87.7 Å². The summed E-state index contributed by atoms with van der Waals surface area (Å²) in [6.07, 6.45) is 1.94. The van der Waals surface area contributed by atoms with Gasteiger partial charge in [-0.05, 0) is 31.4 Å². The minimum absolute atomic E-state index is 0.0729. The van der Waals surface area contributed by atoms with E-state index in [1.54, 1.807) is 18.2 Å². The van der Waals surface area contributed by atoms with Crippen LogP contribution in [0.2, 0.25) is 0 Å². The van der Waals surface area contributed by atoms with Gasteiger partial charge < -0.3 is 15.4 Å². The summed E-state index contributed by atoms with van der Waals surface area (Å²) in [5.74, 6) is -0.176. The Kier molecular flexibility index (Phi) is 5.44. The lowest BCUT2D eigenvalue weighted by molar-refractivity contribution is -0.136. The maximum Gasteiger partial charge on any atom is 0.325 e. The molecular weight excluding hydrogens is 382 g/mol. The van der Waals surface area contributed by atoms with E-state index >= 15 is 0 Å². The molecule has 0 aromatic heterocycles. The van der Waals surface area contributed by atoms with Crippen LogP contribution in [0, 0.1) is 0 Å². The summed E-state index contributed by atoms with van der Waals surface area (Å²) in [5.41, 5.74) is 0.673. The number of urea groups is 1. The zero-order valence-electron chi connectivity index (χ0n) is 16.9. The molecule has 156 valence electrons. The summed E-state index contributed by atoms with van der Waals surface area (Å²) in [7, 11) is 0. The largest absolute Gasteiger partial charge is 0.493 e. The summed E-state index contributed by atoms with van der Waals surface area (Å²) < 4.78 is 5.62. The van der Waals surface area contributed by atoms with Gasteiger partial charge >= 0.3 is 6.03 Å². The molecule has 30 heavy (non-hydrogen) atoms. The van der Waals surface area contributed by atoms with Gasteiger partial charge in [-0.25, -0.2) is 4.79 Å². The van der Waals surface area contributed by atoms with Crippen LogP contribution in [0.3, 0.4) is 0 Å². The van der Waals surface area contributed by atoms with Crippen molar-refractivity contribution in [2.75, 3.05) is 13.2 Å². The van der Waals surface area contributed by atoms with Crippen LogP contribution in [0.4, 0.5) is 4.79 Å². The Bertz CT molecular complexity index is 962. The van der Waals surface area contributed by atoms with Gasteiger partial charge in [0.25, 0.3) is 5.91 Å². The molecule has 2 N–H and O–H groups in total. The molecule has 1 spiro atoms. The second-order valence-electron chi connectivity index (χ2n) is 7.81. The summed E-state index contributed by atoms with van der Waals surface area (Å²) >= 11 is 0. The number of nitrogens with one attached hydrogen (secondary N) is 2. The van der Waals surface area contributed by atoms with Crippen molar-refractivity contribution in [1.29, 1.82) is 0 Å². The quantitative estimate of drug-likeness (QED) is 0.720. The highest BCUT2D eigenvalue weighted by Crippen LogP contribution is 2.40. The summed E-state index contributed by atoms with van der Waals surface area (Å²) in [4.78, 5) is 39.3. The van der Waals surface area contributed by atoms with E-state index < -0.39 is 17.5 Å². The van der Waals surface area contributed by atoms with E-state index in [0.29, 0.717) is 24.3 Å². The summed E-state index contributed by atoms with van der Waals surface area (Å²) in [6, 6.07) is 16.6. The Morgan fingerprint density at radius 3 is 2.70 bits per heavy atom. The molecule has 7 nitrogen and oxygen atoms in total. The SMILES string of the molecule is C[C@H](CCc1ccccc1)NC(=O)CN1C(=O)N[C@@]2(CCOc3ccccc32)C1=O. The number of hydrogen-bond donors (Lipinski definition) is 2. The zero-order chi connectivity index (χ0) is 21.1. The standard InChI is InChI=1S/C23H25N3O4/c1-16(11-12-17-7-3-2-4-8-17)24-20(27)15-26-21(28)23(25-22(26)29)13-14-30-19-10-6-5-9-18(19)23/h2-10,16H,11-15H2,1H3,(H,24,27)(H,25,29)/t16-,23-/m1/s1. The molecule has 2 aliphatic rings. The van der Waals surface area contributed by atoms with Crippen LogP contribution in [-0.4, -0.2) is 41.9 Å². The van der Waals surface area contributed by atoms with Crippen LogP contribution < -0.4 is 15.4 Å². The first kappa shape index (κ1) is 19.9. The second kappa shape index (κ2) is 8.18. The first-order valence-corrected chi connectivity index (χ1v) is 10.2. The van der Waals surface area contributed by atoms with Gasteiger partial charge in [0.05, 0.1) is 6.61 Å². The van der Waals surface area contributed by atoms with Crippen LogP contribution >= 0.6 is 0 Å². The molecule has 0 saturated carbocycles. The van der Waals surface area contributed by atoms with Crippen LogP contribution in [0.1, 0.15) is 30.9 Å². The number of aryl methyl sites for hydroxylation is 1. The lowest BCUT2D eigenvalue weighted by Crippen LogP contribution is -2.48. The fourth-order valence-corrected chi connectivity index (χ4v) is 4.08. The third-order valence-electron chi connectivity index (χ3n) is 5.68. The first-order valence-electron chi connectivity index (χ1n) is 10.2. The van der Waals surface area contributed by atoms with Crippen molar-refractivity contribution in [2.45, 2.75) is 37.8 Å². The number of amides is 4. The van der Waals surface area contributed by atoms with E-state index in [0.717, 1.165) is 17.7 Å². The molecule has 2 aliphatic heterocycles. The van der Waals surface area contributed by atoms with E-state index in [-0.39, 0.29) is 18.5 Å². The second-order valence-corrected chi connectivity index (χ2v) is 7.81. The molecule has 0 unspecified atom stereocenters. The Morgan fingerprint density at radius 1 is 1.17 bits per heavy atom. The molecule has 2 atom stereocenters. The monoisotopic (exact) mass is 407 g/mol. The Morgan fingerprint density at radius 2 is 1.90 bits per heavy atom. The third-order valence-corrected chi connectivity index (χ3v) is 5.68. The number of para-hydroxylation sites is 1. The molecule has 4 rings (SSSR count). The lowest BCUT2D eigenvalue weighted by Gasteiger charge is -2.33. The third kappa shape index (κ3) is 3.75. The van der Waals surface area contributed by atoms with E-state index in [1.165, 1.54) is 5.56 Å². The van der Waals surface area contributed by atoms with Crippen LogP contribution in [-0.2, 0) is 21.5 Å². The van der Waals surface area contributed by atoms with E-state index in [1.807, 2.05) is 43.3 Å². The average Bonchev–Trinajstić information content (AvgIpc) is 2.98. The molecule has 2 aromatic carbocycles. The Labute approximate surface area is 175 Å². The average molecular weight is 407 g/mol. The van der Waals surface area contributed by atoms with Crippen LogP contribution in [0.5, 0.6) is 5.75 Å². The molecule has 4 amide bonds. The molecule has 7 heteroatoms. The number of carbonyl (C=O) groups excluding carboxylic acids is 3. The van der Waals surface area contributed by atoms with Gasteiger partial charge in [-0.2, -0.15) is 0 Å². The molecule has 2 aromatic rings. The molecule has 2 heterocycles. The van der Waals surface area contributed by atoms with E-state index in [9.17, 15) is 14.4 Å². The fourth-order valence-electron chi connectivity index (χ4n) is 4.08. The minimum Gasteiger partial charge on any atom is -0.493 e.